The number of nitrogens with one attached hydrogen (secondary N) is 2. The van der Waals surface area contributed by atoms with Crippen LogP contribution in [0.25, 0.3) is 17.5 Å². The third kappa shape index (κ3) is 7.61. The summed E-state index contributed by atoms with van der Waals surface area (Å²) < 4.78 is 5.54. The number of aromatic nitrogens is 2. The van der Waals surface area contributed by atoms with Crippen LogP contribution in [0.3, 0.4) is 0 Å². The summed E-state index contributed by atoms with van der Waals surface area (Å²) in [4.78, 5) is 11.5. The largest absolute Gasteiger partial charge is 0.494 e. The van der Waals surface area contributed by atoms with Gasteiger partial charge < -0.3 is 14.7 Å². The van der Waals surface area contributed by atoms with Gasteiger partial charge in [0.15, 0.2) is 0 Å². The van der Waals surface area contributed by atoms with E-state index in [2.05, 4.69) is 35.1 Å². The second kappa shape index (κ2) is 13.0. The molecule has 0 atom stereocenters. The molecule has 4 heteroatoms. The molecule has 0 saturated heterocycles. The van der Waals surface area contributed by atoms with Crippen molar-refractivity contribution in [3.05, 3.63) is 47.9 Å². The highest BCUT2D eigenvalue weighted by Crippen LogP contribution is 2.29. The predicted molar refractivity (Wildman–Crippen MR) is 133 cm³/mol. The number of hydrogen-bond acceptors (Lipinski definition) is 2. The molecular weight excluding hydrogens is 382 g/mol. The lowest BCUT2D eigenvalue weighted by molar-refractivity contribution is 0.414. The van der Waals surface area contributed by atoms with E-state index in [1.807, 2.05) is 24.4 Å². The van der Waals surface area contributed by atoms with Gasteiger partial charge in [-0.15, -0.1) is 0 Å². The number of nitrogens with zero attached hydrogens (tertiary/aromatic N) is 1. The van der Waals surface area contributed by atoms with Gasteiger partial charge >= 0.3 is 0 Å². The van der Waals surface area contributed by atoms with Crippen molar-refractivity contribution in [1.29, 1.82) is 0 Å². The zero-order valence-corrected chi connectivity index (χ0v) is 19.4. The van der Waals surface area contributed by atoms with E-state index in [1.165, 1.54) is 76.3 Å². The van der Waals surface area contributed by atoms with Gasteiger partial charge in [0.25, 0.3) is 0 Å². The summed E-state index contributed by atoms with van der Waals surface area (Å²) in [7, 11) is 1.70. The summed E-state index contributed by atoms with van der Waals surface area (Å²) >= 11 is 0. The molecule has 168 valence electrons. The molecule has 0 unspecified atom stereocenters. The van der Waals surface area contributed by atoms with E-state index in [4.69, 9.17) is 9.73 Å². The van der Waals surface area contributed by atoms with Crippen LogP contribution in [0.4, 0.5) is 0 Å². The van der Waals surface area contributed by atoms with Crippen LogP contribution in [0.2, 0.25) is 0 Å². The Morgan fingerprint density at radius 3 is 2.26 bits per heavy atom. The second-order valence-electron chi connectivity index (χ2n) is 8.54. The smallest absolute Gasteiger partial charge is 0.144 e. The standard InChI is InChI=1S/C27H39N3O/c1-3-4-5-6-7-8-9-10-11-12-13-15-22-17-18-23(29-22)20-26-27(31-2)21-25(30-26)24-16-14-19-28-24/h14,16-21,28,30H,3-13,15H2,1-2H3/b23-20+. The summed E-state index contributed by atoms with van der Waals surface area (Å²) in [6.45, 7) is 2.28. The number of hydrogen-bond donors (Lipinski definition) is 2. The number of rotatable bonds is 15. The van der Waals surface area contributed by atoms with Gasteiger partial charge in [0.2, 0.25) is 0 Å². The SMILES string of the molecule is CCCCCCCCCCCCCC1=N/C(=C/c2[nH]c(-c3ccc[nH]3)cc2OC)C=C1. The first-order valence-electron chi connectivity index (χ1n) is 12.2. The Bertz CT molecular complexity index is 855. The maximum Gasteiger partial charge on any atom is 0.144 e. The van der Waals surface area contributed by atoms with Crippen molar-refractivity contribution in [2.45, 2.75) is 84.0 Å². The third-order valence-electron chi connectivity index (χ3n) is 5.97. The minimum atomic E-state index is 0.833. The molecule has 0 spiro atoms. The average molecular weight is 422 g/mol. The molecule has 1 aliphatic rings. The van der Waals surface area contributed by atoms with Crippen LogP contribution in [0, 0.1) is 0 Å². The van der Waals surface area contributed by atoms with E-state index in [0.29, 0.717) is 0 Å². The molecule has 4 nitrogen and oxygen atoms in total. The minimum absolute atomic E-state index is 0.833. The fourth-order valence-electron chi connectivity index (χ4n) is 4.13. The van der Waals surface area contributed by atoms with Crippen LogP contribution in [-0.2, 0) is 0 Å². The van der Waals surface area contributed by atoms with Gasteiger partial charge in [-0.05, 0) is 43.2 Å². The van der Waals surface area contributed by atoms with Crippen molar-refractivity contribution in [1.82, 2.24) is 9.97 Å². The Hall–Kier alpha value is -2.49. The molecule has 31 heavy (non-hydrogen) atoms. The lowest BCUT2D eigenvalue weighted by Gasteiger charge is -2.02. The highest BCUT2D eigenvalue weighted by atomic mass is 16.5. The molecule has 0 aromatic carbocycles. The molecule has 3 rings (SSSR count). The summed E-state index contributed by atoms with van der Waals surface area (Å²) in [6, 6.07) is 6.06. The van der Waals surface area contributed by atoms with Crippen molar-refractivity contribution in [3.63, 3.8) is 0 Å². The molecule has 0 aliphatic carbocycles. The van der Waals surface area contributed by atoms with Gasteiger partial charge in [0.1, 0.15) is 5.75 Å². The monoisotopic (exact) mass is 421 g/mol. The summed E-state index contributed by atoms with van der Waals surface area (Å²) in [6.07, 6.45) is 24.4. The summed E-state index contributed by atoms with van der Waals surface area (Å²) in [5.74, 6) is 0.833. The molecule has 0 amide bonds. The maximum absolute atomic E-state index is 5.54. The van der Waals surface area contributed by atoms with Gasteiger partial charge in [-0.2, -0.15) is 0 Å². The zero-order chi connectivity index (χ0) is 21.7. The molecule has 0 bridgehead atoms. The van der Waals surface area contributed by atoms with Crippen molar-refractivity contribution >= 4 is 11.8 Å². The molecule has 3 heterocycles. The van der Waals surface area contributed by atoms with Crippen LogP contribution in [0.1, 0.15) is 89.7 Å². The van der Waals surface area contributed by atoms with Gasteiger partial charge in [0.05, 0.1) is 29.9 Å². The molecule has 2 aromatic heterocycles. The summed E-state index contributed by atoms with van der Waals surface area (Å²) in [5.41, 5.74) is 5.19. The number of aromatic amines is 2. The number of allylic oxidation sites excluding steroid dienone is 2. The van der Waals surface area contributed by atoms with Crippen molar-refractivity contribution < 1.29 is 4.74 Å². The second-order valence-corrected chi connectivity index (χ2v) is 8.54. The van der Waals surface area contributed by atoms with Crippen LogP contribution < -0.4 is 4.74 Å². The first kappa shape index (κ1) is 23.2. The Morgan fingerprint density at radius 1 is 0.903 bits per heavy atom. The molecule has 2 aromatic rings. The molecule has 0 saturated carbocycles. The predicted octanol–water partition coefficient (Wildman–Crippen LogP) is 8.07. The van der Waals surface area contributed by atoms with Gasteiger partial charge in [0, 0.05) is 18.0 Å². The first-order chi connectivity index (χ1) is 15.3. The maximum atomic E-state index is 5.54. The van der Waals surface area contributed by atoms with Crippen LogP contribution in [0.15, 0.2) is 47.2 Å². The van der Waals surface area contributed by atoms with Crippen LogP contribution in [0.5, 0.6) is 5.75 Å². The number of H-pyrrole nitrogens is 2. The van der Waals surface area contributed by atoms with E-state index in [1.54, 1.807) is 7.11 Å². The van der Waals surface area contributed by atoms with Crippen LogP contribution in [-0.4, -0.2) is 22.8 Å². The topological polar surface area (TPSA) is 53.2 Å². The number of unbranched alkanes of at least 4 members (excludes halogenated alkanes) is 10. The van der Waals surface area contributed by atoms with Gasteiger partial charge in [-0.3, -0.25) is 4.99 Å². The Morgan fingerprint density at radius 2 is 1.61 bits per heavy atom. The van der Waals surface area contributed by atoms with E-state index >= 15 is 0 Å². The zero-order valence-electron chi connectivity index (χ0n) is 19.4. The Kier molecular flexibility index (Phi) is 9.75. The summed E-state index contributed by atoms with van der Waals surface area (Å²) in [5, 5.41) is 0. The van der Waals surface area contributed by atoms with Gasteiger partial charge in [-0.25, -0.2) is 0 Å². The lowest BCUT2D eigenvalue weighted by Crippen LogP contribution is -1.90. The van der Waals surface area contributed by atoms with Crippen molar-refractivity contribution in [3.8, 4) is 17.1 Å². The average Bonchev–Trinajstić information content (AvgIpc) is 3.53. The van der Waals surface area contributed by atoms with E-state index in [0.717, 1.165) is 34.9 Å². The highest BCUT2D eigenvalue weighted by molar-refractivity contribution is 5.99. The normalized spacial score (nSPS) is 14.5. The van der Waals surface area contributed by atoms with E-state index in [9.17, 15) is 0 Å². The van der Waals surface area contributed by atoms with Crippen LogP contribution >= 0.6 is 0 Å². The van der Waals surface area contributed by atoms with E-state index < -0.39 is 0 Å². The molecule has 0 fully saturated rings. The third-order valence-corrected chi connectivity index (χ3v) is 5.97. The molecule has 0 radical (unpaired) electrons. The van der Waals surface area contributed by atoms with Gasteiger partial charge in [-0.1, -0.05) is 71.1 Å². The molecular formula is C27H39N3O. The Balaban J connectivity index is 1.37. The van der Waals surface area contributed by atoms with Crippen molar-refractivity contribution in [2.75, 3.05) is 7.11 Å². The number of methoxy groups -OCH3 is 1. The molecule has 1 aliphatic heterocycles. The molecule has 2 N–H and O–H groups in total. The van der Waals surface area contributed by atoms with Crippen molar-refractivity contribution in [2.24, 2.45) is 4.99 Å². The fraction of sp³-hybridized carbons (Fsp3) is 0.519. The number of aliphatic imine (C=N–C) groups is 1. The number of ether oxygens (including phenoxy) is 1. The fourth-order valence-corrected chi connectivity index (χ4v) is 4.13. The Labute approximate surface area is 187 Å². The quantitative estimate of drug-likeness (QED) is 0.281. The lowest BCUT2D eigenvalue weighted by atomic mass is 10.0. The minimum Gasteiger partial charge on any atom is -0.494 e. The first-order valence-corrected chi connectivity index (χ1v) is 12.2. The van der Waals surface area contributed by atoms with E-state index in [-0.39, 0.29) is 0 Å². The highest BCUT2D eigenvalue weighted by Gasteiger charge is 2.11.